The van der Waals surface area contributed by atoms with Gasteiger partial charge in [0.05, 0.1) is 25.4 Å². The highest BCUT2D eigenvalue weighted by Gasteiger charge is 2.32. The van der Waals surface area contributed by atoms with Gasteiger partial charge < -0.3 is 30.1 Å². The number of carboxylic acid groups (broad SMARTS) is 1. The number of aliphatic carboxylic acids is 1. The first kappa shape index (κ1) is 28.1. The van der Waals surface area contributed by atoms with Gasteiger partial charge in [-0.05, 0) is 36.1 Å². The van der Waals surface area contributed by atoms with Crippen LogP contribution in [-0.4, -0.2) is 51.4 Å². The SMILES string of the molecule is O=C(O)CCCCCC(=O)Nc1ccc([C@@H]2O[C@H](CSCCO)C[C@H](c3ccc(CO)cc3)O2)cc1. The van der Waals surface area contributed by atoms with Crippen molar-refractivity contribution in [1.29, 1.82) is 0 Å². The van der Waals surface area contributed by atoms with Crippen molar-refractivity contribution in [1.82, 2.24) is 0 Å². The molecule has 0 aliphatic carbocycles. The van der Waals surface area contributed by atoms with Crippen LogP contribution in [-0.2, 0) is 25.7 Å². The van der Waals surface area contributed by atoms with Gasteiger partial charge in [-0.15, -0.1) is 0 Å². The van der Waals surface area contributed by atoms with Crippen molar-refractivity contribution in [3.8, 4) is 0 Å². The van der Waals surface area contributed by atoms with E-state index in [1.54, 1.807) is 11.8 Å². The molecule has 8 nitrogen and oxygen atoms in total. The van der Waals surface area contributed by atoms with Crippen LogP contribution in [0, 0.1) is 0 Å². The van der Waals surface area contributed by atoms with Crippen LogP contribution in [0.1, 0.15) is 67.6 Å². The number of aliphatic hydroxyl groups is 2. The lowest BCUT2D eigenvalue weighted by Gasteiger charge is -2.36. The molecule has 0 radical (unpaired) electrons. The van der Waals surface area contributed by atoms with E-state index in [2.05, 4.69) is 5.32 Å². The van der Waals surface area contributed by atoms with Gasteiger partial charge in [-0.25, -0.2) is 0 Å². The molecule has 1 heterocycles. The summed E-state index contributed by atoms with van der Waals surface area (Å²) >= 11 is 1.64. The molecule has 36 heavy (non-hydrogen) atoms. The van der Waals surface area contributed by atoms with Crippen LogP contribution in [0.15, 0.2) is 48.5 Å². The predicted molar refractivity (Wildman–Crippen MR) is 139 cm³/mol. The molecule has 0 saturated carbocycles. The van der Waals surface area contributed by atoms with Gasteiger partial charge in [0.25, 0.3) is 0 Å². The molecule has 0 unspecified atom stereocenters. The minimum Gasteiger partial charge on any atom is -0.481 e. The molecule has 1 saturated heterocycles. The van der Waals surface area contributed by atoms with Crippen LogP contribution < -0.4 is 5.32 Å². The molecular weight excluding hydrogens is 482 g/mol. The van der Waals surface area contributed by atoms with Crippen molar-refractivity contribution in [3.05, 3.63) is 65.2 Å². The summed E-state index contributed by atoms with van der Waals surface area (Å²) in [5.41, 5.74) is 3.38. The van der Waals surface area contributed by atoms with E-state index >= 15 is 0 Å². The van der Waals surface area contributed by atoms with E-state index in [9.17, 15) is 14.7 Å². The average molecular weight is 518 g/mol. The van der Waals surface area contributed by atoms with E-state index in [0.717, 1.165) is 22.4 Å². The molecular formula is C27H35NO7S. The van der Waals surface area contributed by atoms with Gasteiger partial charge in [-0.2, -0.15) is 11.8 Å². The van der Waals surface area contributed by atoms with Gasteiger partial charge in [0, 0.05) is 42.0 Å². The number of nitrogens with one attached hydrogen (secondary N) is 1. The summed E-state index contributed by atoms with van der Waals surface area (Å²) in [5.74, 6) is 0.476. The topological polar surface area (TPSA) is 125 Å². The molecule has 3 atom stereocenters. The first-order chi connectivity index (χ1) is 17.5. The second-order valence-corrected chi connectivity index (χ2v) is 9.92. The molecule has 0 bridgehead atoms. The van der Waals surface area contributed by atoms with E-state index in [-0.39, 0.29) is 37.7 Å². The Morgan fingerprint density at radius 1 is 0.917 bits per heavy atom. The summed E-state index contributed by atoms with van der Waals surface area (Å²) in [6.07, 6.45) is 2.30. The van der Waals surface area contributed by atoms with E-state index in [1.165, 1.54) is 0 Å². The molecule has 0 spiro atoms. The zero-order valence-electron chi connectivity index (χ0n) is 20.3. The molecule has 2 aromatic carbocycles. The van der Waals surface area contributed by atoms with Gasteiger partial charge in [0.1, 0.15) is 0 Å². The highest BCUT2D eigenvalue weighted by Crippen LogP contribution is 2.39. The van der Waals surface area contributed by atoms with Crippen LogP contribution in [0.4, 0.5) is 5.69 Å². The first-order valence-corrected chi connectivity index (χ1v) is 13.4. The molecule has 196 valence electrons. The quantitative estimate of drug-likeness (QED) is 0.271. The number of carboxylic acids is 1. The van der Waals surface area contributed by atoms with Crippen LogP contribution >= 0.6 is 11.8 Å². The molecule has 1 aliphatic rings. The van der Waals surface area contributed by atoms with E-state index < -0.39 is 12.3 Å². The van der Waals surface area contributed by atoms with E-state index in [1.807, 2.05) is 48.5 Å². The maximum absolute atomic E-state index is 12.2. The first-order valence-electron chi connectivity index (χ1n) is 12.3. The van der Waals surface area contributed by atoms with Crippen LogP contribution in [0.5, 0.6) is 0 Å². The number of carbonyl (C=O) groups is 2. The smallest absolute Gasteiger partial charge is 0.303 e. The van der Waals surface area contributed by atoms with E-state index in [0.29, 0.717) is 43.5 Å². The molecule has 4 N–H and O–H groups in total. The van der Waals surface area contributed by atoms with Crippen molar-refractivity contribution in [2.45, 2.75) is 63.6 Å². The number of ether oxygens (including phenoxy) is 2. The minimum absolute atomic E-state index is 0.00836. The number of hydrogen-bond acceptors (Lipinski definition) is 7. The maximum atomic E-state index is 12.2. The molecule has 1 fully saturated rings. The van der Waals surface area contributed by atoms with Crippen molar-refractivity contribution in [3.63, 3.8) is 0 Å². The van der Waals surface area contributed by atoms with E-state index in [4.69, 9.17) is 19.7 Å². The Kier molecular flexibility index (Phi) is 11.7. The number of hydrogen-bond donors (Lipinski definition) is 4. The number of unbranched alkanes of at least 4 members (excludes halogenated alkanes) is 2. The average Bonchev–Trinajstić information content (AvgIpc) is 2.89. The van der Waals surface area contributed by atoms with Crippen molar-refractivity contribution < 1.29 is 34.4 Å². The lowest BCUT2D eigenvalue weighted by atomic mass is 10.0. The second-order valence-electron chi connectivity index (χ2n) is 8.77. The van der Waals surface area contributed by atoms with Gasteiger partial charge in [-0.3, -0.25) is 9.59 Å². The molecule has 3 rings (SSSR count). The van der Waals surface area contributed by atoms with Gasteiger partial charge in [-0.1, -0.05) is 42.8 Å². The summed E-state index contributed by atoms with van der Waals surface area (Å²) in [7, 11) is 0. The summed E-state index contributed by atoms with van der Waals surface area (Å²) in [4.78, 5) is 22.8. The number of amides is 1. The summed E-state index contributed by atoms with van der Waals surface area (Å²) in [6, 6.07) is 15.1. The summed E-state index contributed by atoms with van der Waals surface area (Å²) < 4.78 is 12.5. The number of anilines is 1. The van der Waals surface area contributed by atoms with Crippen molar-refractivity contribution in [2.24, 2.45) is 0 Å². The Hall–Kier alpha value is -2.43. The summed E-state index contributed by atoms with van der Waals surface area (Å²) in [6.45, 7) is 0.116. The zero-order chi connectivity index (χ0) is 25.8. The molecule has 2 aromatic rings. The second kappa shape index (κ2) is 15.0. The van der Waals surface area contributed by atoms with Gasteiger partial charge in [0.15, 0.2) is 6.29 Å². The number of benzene rings is 2. The molecule has 1 aliphatic heterocycles. The number of aliphatic hydroxyl groups excluding tert-OH is 2. The Labute approximate surface area is 216 Å². The van der Waals surface area contributed by atoms with Crippen molar-refractivity contribution >= 4 is 29.3 Å². The molecule has 0 aromatic heterocycles. The normalized spacial score (nSPS) is 19.7. The maximum Gasteiger partial charge on any atom is 0.303 e. The Bertz CT molecular complexity index is 952. The summed E-state index contributed by atoms with van der Waals surface area (Å²) in [5, 5.41) is 30.0. The highest BCUT2D eigenvalue weighted by atomic mass is 32.2. The highest BCUT2D eigenvalue weighted by molar-refractivity contribution is 7.99. The third-order valence-electron chi connectivity index (χ3n) is 5.92. The van der Waals surface area contributed by atoms with Crippen LogP contribution in [0.3, 0.4) is 0 Å². The fraction of sp³-hybridized carbons (Fsp3) is 0.481. The standard InChI is InChI=1S/C27H35NO7S/c29-14-15-36-18-23-16-24(20-8-6-19(17-30)7-9-20)35-27(34-23)21-10-12-22(13-11-21)28-25(31)4-2-1-3-5-26(32)33/h6-13,23-24,27,29-30H,1-5,14-18H2,(H,28,31)(H,32,33)/t23-,24+,27+/m0/s1. The largest absolute Gasteiger partial charge is 0.481 e. The fourth-order valence-electron chi connectivity index (χ4n) is 3.99. The van der Waals surface area contributed by atoms with Crippen LogP contribution in [0.2, 0.25) is 0 Å². The lowest BCUT2D eigenvalue weighted by molar-refractivity contribution is -0.245. The Morgan fingerprint density at radius 3 is 2.28 bits per heavy atom. The number of rotatable bonds is 14. The lowest BCUT2D eigenvalue weighted by Crippen LogP contribution is -2.31. The van der Waals surface area contributed by atoms with Gasteiger partial charge in [0.2, 0.25) is 5.91 Å². The van der Waals surface area contributed by atoms with Crippen LogP contribution in [0.25, 0.3) is 0 Å². The predicted octanol–water partition coefficient (Wildman–Crippen LogP) is 4.42. The molecule has 9 heteroatoms. The fourth-order valence-corrected chi connectivity index (χ4v) is 4.76. The molecule has 1 amide bonds. The Balaban J connectivity index is 1.59. The third-order valence-corrected chi connectivity index (χ3v) is 6.99. The zero-order valence-corrected chi connectivity index (χ0v) is 21.1. The van der Waals surface area contributed by atoms with Crippen molar-refractivity contribution in [2.75, 3.05) is 23.4 Å². The minimum atomic E-state index is -0.813. The monoisotopic (exact) mass is 517 g/mol. The number of thioether (sulfide) groups is 1. The number of carbonyl (C=O) groups excluding carboxylic acids is 1. The third kappa shape index (κ3) is 9.22. The van der Waals surface area contributed by atoms with Gasteiger partial charge >= 0.3 is 5.97 Å². The Morgan fingerprint density at radius 2 is 1.61 bits per heavy atom.